The lowest BCUT2D eigenvalue weighted by atomic mass is 10.2. The quantitative estimate of drug-likeness (QED) is 0.358. The average Bonchev–Trinajstić information content (AvgIpc) is 2.10. The van der Waals surface area contributed by atoms with Gasteiger partial charge in [-0.25, -0.2) is 0 Å². The first kappa shape index (κ1) is 15.3. The van der Waals surface area contributed by atoms with Crippen molar-refractivity contribution in [3.8, 4) is 0 Å². The van der Waals surface area contributed by atoms with Crippen molar-refractivity contribution in [3.05, 3.63) is 11.6 Å². The molecule has 0 heterocycles. The van der Waals surface area contributed by atoms with E-state index in [1.54, 1.807) is 0 Å². The zero-order valence-corrected chi connectivity index (χ0v) is 10.3. The van der Waals surface area contributed by atoms with E-state index >= 15 is 0 Å². The van der Waals surface area contributed by atoms with E-state index in [0.29, 0.717) is 12.0 Å². The molecule has 0 amide bonds. The number of rotatable bonds is 6. The van der Waals surface area contributed by atoms with E-state index in [1.165, 1.54) is 13.0 Å². The number of hydrogen-bond donors (Lipinski definition) is 3. The third-order valence-corrected chi connectivity index (χ3v) is 2.55. The standard InChI is InChI=1S/C9H18NO5P/c1-3-4-15-9(11)8(10)5-7(2)6-16(12,13)14/h5,8H,3-4,6,10H2,1-2H3,(H2,12,13,14)/b7-5+. The van der Waals surface area contributed by atoms with E-state index in [2.05, 4.69) is 0 Å². The topological polar surface area (TPSA) is 110 Å². The molecule has 1 unspecified atom stereocenters. The van der Waals surface area contributed by atoms with Crippen molar-refractivity contribution in [1.82, 2.24) is 0 Å². The summed E-state index contributed by atoms with van der Waals surface area (Å²) in [6.45, 7) is 3.65. The first-order chi connectivity index (χ1) is 7.26. The van der Waals surface area contributed by atoms with Gasteiger partial charge in [-0.05, 0) is 13.3 Å². The molecule has 0 aliphatic rings. The fourth-order valence-electron chi connectivity index (χ4n) is 1.05. The molecule has 0 rings (SSSR count). The molecule has 0 aromatic rings. The van der Waals surface area contributed by atoms with Crippen molar-refractivity contribution >= 4 is 13.6 Å². The van der Waals surface area contributed by atoms with Crippen molar-refractivity contribution in [3.63, 3.8) is 0 Å². The van der Waals surface area contributed by atoms with Crippen LogP contribution in [0.15, 0.2) is 11.6 Å². The maximum absolute atomic E-state index is 11.2. The molecule has 6 nitrogen and oxygen atoms in total. The van der Waals surface area contributed by atoms with Gasteiger partial charge in [-0.2, -0.15) is 0 Å². The molecule has 0 aromatic heterocycles. The minimum atomic E-state index is -4.11. The normalized spacial score (nSPS) is 14.7. The summed E-state index contributed by atoms with van der Waals surface area (Å²) in [6, 6.07) is -0.974. The Morgan fingerprint density at radius 2 is 2.12 bits per heavy atom. The highest BCUT2D eigenvalue weighted by Gasteiger charge is 2.17. The lowest BCUT2D eigenvalue weighted by Gasteiger charge is -2.09. The lowest BCUT2D eigenvalue weighted by molar-refractivity contribution is -0.144. The molecule has 0 aliphatic heterocycles. The highest BCUT2D eigenvalue weighted by atomic mass is 31.2. The number of carbonyl (C=O) groups is 1. The second-order valence-corrected chi connectivity index (χ2v) is 5.17. The molecule has 16 heavy (non-hydrogen) atoms. The van der Waals surface area contributed by atoms with Gasteiger partial charge in [0, 0.05) is 0 Å². The summed E-state index contributed by atoms with van der Waals surface area (Å²) >= 11 is 0. The monoisotopic (exact) mass is 251 g/mol. The van der Waals surface area contributed by atoms with Crippen molar-refractivity contribution in [2.75, 3.05) is 12.8 Å². The maximum Gasteiger partial charge on any atom is 0.329 e. The van der Waals surface area contributed by atoms with Gasteiger partial charge in [0.25, 0.3) is 0 Å². The first-order valence-corrected chi connectivity index (χ1v) is 6.70. The summed E-state index contributed by atoms with van der Waals surface area (Å²) in [4.78, 5) is 28.6. The smallest absolute Gasteiger partial charge is 0.329 e. The van der Waals surface area contributed by atoms with Crippen LogP contribution in [0.25, 0.3) is 0 Å². The second kappa shape index (κ2) is 6.81. The number of carbonyl (C=O) groups excluding carboxylic acids is 1. The van der Waals surface area contributed by atoms with Crippen LogP contribution >= 0.6 is 7.60 Å². The minimum absolute atomic E-state index is 0.290. The molecule has 94 valence electrons. The van der Waals surface area contributed by atoms with E-state index in [0.717, 1.165) is 0 Å². The number of allylic oxidation sites excluding steroid dienone is 1. The fraction of sp³-hybridized carbons (Fsp3) is 0.667. The predicted octanol–water partition coefficient (Wildman–Crippen LogP) is 0.391. The third kappa shape index (κ3) is 7.59. The third-order valence-electron chi connectivity index (χ3n) is 1.64. The highest BCUT2D eigenvalue weighted by molar-refractivity contribution is 7.52. The van der Waals surface area contributed by atoms with E-state index < -0.39 is 25.8 Å². The van der Waals surface area contributed by atoms with Gasteiger partial charge in [0.05, 0.1) is 12.8 Å². The summed E-state index contributed by atoms with van der Waals surface area (Å²) in [5.74, 6) is -0.591. The van der Waals surface area contributed by atoms with Gasteiger partial charge < -0.3 is 20.3 Å². The van der Waals surface area contributed by atoms with Crippen molar-refractivity contribution in [2.24, 2.45) is 5.73 Å². The Hall–Kier alpha value is -0.680. The van der Waals surface area contributed by atoms with Crippen LogP contribution in [0.1, 0.15) is 20.3 Å². The van der Waals surface area contributed by atoms with Crippen LogP contribution < -0.4 is 5.73 Å². The van der Waals surface area contributed by atoms with Crippen LogP contribution in [-0.4, -0.2) is 34.6 Å². The summed E-state index contributed by atoms with van der Waals surface area (Å²) < 4.78 is 15.4. The summed E-state index contributed by atoms with van der Waals surface area (Å²) in [5, 5.41) is 0. The number of nitrogens with two attached hydrogens (primary N) is 1. The highest BCUT2D eigenvalue weighted by Crippen LogP contribution is 2.36. The van der Waals surface area contributed by atoms with Crippen LogP contribution in [0, 0.1) is 0 Å². The van der Waals surface area contributed by atoms with Gasteiger partial charge in [-0.15, -0.1) is 0 Å². The van der Waals surface area contributed by atoms with E-state index in [1.807, 2.05) is 6.92 Å². The van der Waals surface area contributed by atoms with Gasteiger partial charge in [0.1, 0.15) is 6.04 Å². The van der Waals surface area contributed by atoms with Gasteiger partial charge >= 0.3 is 13.6 Å². The molecule has 0 saturated carbocycles. The molecule has 0 aliphatic carbocycles. The predicted molar refractivity (Wildman–Crippen MR) is 59.9 cm³/mol. The number of esters is 1. The molecule has 7 heteroatoms. The van der Waals surface area contributed by atoms with Crippen LogP contribution in [-0.2, 0) is 14.1 Å². The van der Waals surface area contributed by atoms with Gasteiger partial charge in [-0.3, -0.25) is 9.36 Å². The molecule has 0 saturated heterocycles. The molecule has 1 atom stereocenters. The molecule has 4 N–H and O–H groups in total. The van der Waals surface area contributed by atoms with Crippen LogP contribution in [0.2, 0.25) is 0 Å². The summed E-state index contributed by atoms with van der Waals surface area (Å²) in [5.41, 5.74) is 5.84. The van der Waals surface area contributed by atoms with Crippen molar-refractivity contribution in [2.45, 2.75) is 26.3 Å². The number of ether oxygens (including phenoxy) is 1. The lowest BCUT2D eigenvalue weighted by Crippen LogP contribution is -2.30. The summed E-state index contributed by atoms with van der Waals surface area (Å²) in [7, 11) is -4.11. The SMILES string of the molecule is CCCOC(=O)C(N)/C=C(\C)CP(=O)(O)O. The summed E-state index contributed by atoms with van der Waals surface area (Å²) in [6.07, 6.45) is 1.60. The molecular formula is C9H18NO5P. The van der Waals surface area contributed by atoms with E-state index in [4.69, 9.17) is 20.3 Å². The van der Waals surface area contributed by atoms with Gasteiger partial charge in [0.15, 0.2) is 0 Å². The molecular weight excluding hydrogens is 233 g/mol. The maximum atomic E-state index is 11.2. The largest absolute Gasteiger partial charge is 0.464 e. The average molecular weight is 251 g/mol. The zero-order valence-electron chi connectivity index (χ0n) is 9.42. The van der Waals surface area contributed by atoms with Crippen molar-refractivity contribution < 1.29 is 23.9 Å². The molecule has 0 radical (unpaired) electrons. The van der Waals surface area contributed by atoms with E-state index in [-0.39, 0.29) is 6.61 Å². The van der Waals surface area contributed by atoms with Crippen LogP contribution in [0.5, 0.6) is 0 Å². The van der Waals surface area contributed by atoms with Crippen molar-refractivity contribution in [1.29, 1.82) is 0 Å². The Bertz CT molecular complexity index is 309. The molecule has 0 bridgehead atoms. The Morgan fingerprint density at radius 1 is 1.56 bits per heavy atom. The van der Waals surface area contributed by atoms with E-state index in [9.17, 15) is 9.36 Å². The fourth-order valence-corrected chi connectivity index (χ4v) is 1.81. The van der Waals surface area contributed by atoms with Gasteiger partial charge in [0.2, 0.25) is 0 Å². The van der Waals surface area contributed by atoms with Gasteiger partial charge in [-0.1, -0.05) is 18.6 Å². The Morgan fingerprint density at radius 3 is 2.56 bits per heavy atom. The Balaban J connectivity index is 4.29. The minimum Gasteiger partial charge on any atom is -0.464 e. The molecule has 0 aromatic carbocycles. The van der Waals surface area contributed by atoms with Crippen LogP contribution in [0.4, 0.5) is 0 Å². The number of hydrogen-bond acceptors (Lipinski definition) is 4. The second-order valence-electron chi connectivity index (χ2n) is 3.53. The molecule has 0 spiro atoms. The Kier molecular flexibility index (Phi) is 6.52. The first-order valence-electron chi connectivity index (χ1n) is 4.90. The zero-order chi connectivity index (χ0) is 12.8. The van der Waals surface area contributed by atoms with Crippen LogP contribution in [0.3, 0.4) is 0 Å². The molecule has 0 fully saturated rings. The Labute approximate surface area is 94.6 Å².